The number of phenolic OH excluding ortho intramolecular Hbond substituents is 1. The first kappa shape index (κ1) is 12.5. The predicted octanol–water partition coefficient (Wildman–Crippen LogP) is 1.42. The summed E-state index contributed by atoms with van der Waals surface area (Å²) in [6.07, 6.45) is 0. The summed E-state index contributed by atoms with van der Waals surface area (Å²) in [5.74, 6) is -0.269. The lowest BCUT2D eigenvalue weighted by Gasteiger charge is -2.12. The number of aromatic hydroxyl groups is 1. The molecule has 0 heterocycles. The Kier molecular flexibility index (Phi) is 2.80. The summed E-state index contributed by atoms with van der Waals surface area (Å²) in [4.78, 5) is -0.375. The number of benzene rings is 2. The number of rotatable bonds is 2. The quantitative estimate of drug-likeness (QED) is 0.372. The van der Waals surface area contributed by atoms with Gasteiger partial charge in [-0.3, -0.25) is 4.55 Å². The molecule has 0 unspecified atom stereocenters. The summed E-state index contributed by atoms with van der Waals surface area (Å²) >= 11 is 0. The molecule has 0 aliphatic carbocycles. The number of nitrogen functional groups attached to an aromatic ring is 1. The molecule has 0 radical (unpaired) electrons. The molecule has 0 fully saturated rings. The molecule has 0 aliphatic rings. The number of nitrogens with two attached hydrogens (primary N) is 1. The molecule has 5 N–H and O–H groups in total. The second-order valence-electron chi connectivity index (χ2n) is 3.80. The molecule has 0 spiro atoms. The number of fused-ring (bicyclic) bond motifs is 1. The SMILES string of the molecule is CNc1c(S(=O)(=O)O)cc2ccc(N)cc2c1O. The number of anilines is 2. The van der Waals surface area contributed by atoms with Crippen molar-refractivity contribution in [2.45, 2.75) is 4.90 Å². The highest BCUT2D eigenvalue weighted by molar-refractivity contribution is 7.86. The lowest BCUT2D eigenvalue weighted by atomic mass is 10.1. The predicted molar refractivity (Wildman–Crippen MR) is 69.4 cm³/mol. The van der Waals surface area contributed by atoms with E-state index in [4.69, 9.17) is 10.3 Å². The van der Waals surface area contributed by atoms with Gasteiger partial charge in [0.25, 0.3) is 10.1 Å². The molecule has 0 aromatic heterocycles. The van der Waals surface area contributed by atoms with E-state index in [2.05, 4.69) is 5.32 Å². The van der Waals surface area contributed by atoms with Gasteiger partial charge >= 0.3 is 0 Å². The number of hydrogen-bond donors (Lipinski definition) is 4. The second kappa shape index (κ2) is 4.04. The largest absolute Gasteiger partial charge is 0.505 e. The van der Waals surface area contributed by atoms with Crippen molar-refractivity contribution in [3.63, 3.8) is 0 Å². The lowest BCUT2D eigenvalue weighted by Crippen LogP contribution is -2.04. The zero-order chi connectivity index (χ0) is 13.5. The highest BCUT2D eigenvalue weighted by Gasteiger charge is 2.20. The summed E-state index contributed by atoms with van der Waals surface area (Å²) < 4.78 is 31.6. The molecule has 96 valence electrons. The van der Waals surface area contributed by atoms with Gasteiger partial charge in [0.05, 0.1) is 5.69 Å². The Morgan fingerprint density at radius 3 is 2.50 bits per heavy atom. The van der Waals surface area contributed by atoms with Gasteiger partial charge in [-0.25, -0.2) is 0 Å². The summed E-state index contributed by atoms with van der Waals surface area (Å²) in [5, 5.41) is 13.5. The third-order valence-corrected chi connectivity index (χ3v) is 3.51. The third-order valence-electron chi connectivity index (χ3n) is 2.63. The average Bonchev–Trinajstić information content (AvgIpc) is 2.28. The van der Waals surface area contributed by atoms with E-state index < -0.39 is 10.1 Å². The van der Waals surface area contributed by atoms with Crippen molar-refractivity contribution in [3.8, 4) is 5.75 Å². The Bertz CT molecular complexity index is 725. The van der Waals surface area contributed by atoms with Gasteiger partial charge in [-0.05, 0) is 23.6 Å². The van der Waals surface area contributed by atoms with Gasteiger partial charge in [0, 0.05) is 18.1 Å². The van der Waals surface area contributed by atoms with Crippen LogP contribution in [0.25, 0.3) is 10.8 Å². The molecular formula is C11H12N2O4S. The molecular weight excluding hydrogens is 256 g/mol. The van der Waals surface area contributed by atoms with Crippen molar-refractivity contribution < 1.29 is 18.1 Å². The number of phenols is 1. The van der Waals surface area contributed by atoms with E-state index in [0.717, 1.165) is 0 Å². The van der Waals surface area contributed by atoms with Gasteiger partial charge in [0.2, 0.25) is 0 Å². The van der Waals surface area contributed by atoms with Crippen LogP contribution in [0, 0.1) is 0 Å². The van der Waals surface area contributed by atoms with E-state index in [1.54, 1.807) is 12.1 Å². The Morgan fingerprint density at radius 1 is 1.28 bits per heavy atom. The van der Waals surface area contributed by atoms with Crippen LogP contribution in [0.1, 0.15) is 0 Å². The maximum atomic E-state index is 11.3. The van der Waals surface area contributed by atoms with Crippen LogP contribution in [0.5, 0.6) is 5.75 Å². The molecule has 2 aromatic carbocycles. The first-order valence-corrected chi connectivity index (χ1v) is 6.49. The smallest absolute Gasteiger partial charge is 0.296 e. The maximum Gasteiger partial charge on any atom is 0.296 e. The minimum absolute atomic E-state index is 0.0596. The molecule has 0 aliphatic heterocycles. The average molecular weight is 268 g/mol. The Balaban J connectivity index is 2.95. The first-order chi connectivity index (χ1) is 8.34. The van der Waals surface area contributed by atoms with E-state index in [-0.39, 0.29) is 16.3 Å². The zero-order valence-corrected chi connectivity index (χ0v) is 10.3. The molecule has 18 heavy (non-hydrogen) atoms. The van der Waals surface area contributed by atoms with Crippen LogP contribution >= 0.6 is 0 Å². The molecule has 6 nitrogen and oxygen atoms in total. The molecule has 7 heteroatoms. The van der Waals surface area contributed by atoms with Gasteiger partial charge in [-0.15, -0.1) is 0 Å². The highest BCUT2D eigenvalue weighted by Crippen LogP contribution is 2.38. The van der Waals surface area contributed by atoms with E-state index in [1.165, 1.54) is 19.2 Å². The summed E-state index contributed by atoms with van der Waals surface area (Å²) in [6.45, 7) is 0. The van der Waals surface area contributed by atoms with Crippen LogP contribution in [0.2, 0.25) is 0 Å². The topological polar surface area (TPSA) is 113 Å². The fourth-order valence-corrected chi connectivity index (χ4v) is 2.55. The summed E-state index contributed by atoms with van der Waals surface area (Å²) in [7, 11) is -2.98. The van der Waals surface area contributed by atoms with E-state index in [9.17, 15) is 13.5 Å². The van der Waals surface area contributed by atoms with Crippen LogP contribution < -0.4 is 11.1 Å². The van der Waals surface area contributed by atoms with Crippen molar-refractivity contribution >= 4 is 32.3 Å². The van der Waals surface area contributed by atoms with Gasteiger partial charge in [-0.2, -0.15) is 8.42 Å². The minimum Gasteiger partial charge on any atom is -0.505 e. The fourth-order valence-electron chi connectivity index (χ4n) is 1.81. The first-order valence-electron chi connectivity index (χ1n) is 5.05. The van der Waals surface area contributed by atoms with Gasteiger partial charge < -0.3 is 16.2 Å². The van der Waals surface area contributed by atoms with E-state index in [1.807, 2.05) is 0 Å². The Morgan fingerprint density at radius 2 is 1.94 bits per heavy atom. The van der Waals surface area contributed by atoms with Crippen molar-refractivity contribution in [1.29, 1.82) is 0 Å². The van der Waals surface area contributed by atoms with Gasteiger partial charge in [0.15, 0.2) is 0 Å². The van der Waals surface area contributed by atoms with E-state index in [0.29, 0.717) is 16.5 Å². The Hall–Kier alpha value is -1.99. The molecule has 0 saturated carbocycles. The standard InChI is InChI=1S/C11H12N2O4S/c1-13-10-9(18(15,16)17)4-6-2-3-7(12)5-8(6)11(10)14/h2-5,13-14H,12H2,1H3,(H,15,16,17). The molecule has 0 saturated heterocycles. The lowest BCUT2D eigenvalue weighted by molar-refractivity contribution is 0.473. The second-order valence-corrected chi connectivity index (χ2v) is 5.19. The highest BCUT2D eigenvalue weighted by atomic mass is 32.2. The number of hydrogen-bond acceptors (Lipinski definition) is 5. The Labute approximate surface area is 104 Å². The minimum atomic E-state index is -4.42. The maximum absolute atomic E-state index is 11.3. The number of nitrogens with one attached hydrogen (secondary N) is 1. The van der Waals surface area contributed by atoms with Gasteiger partial charge in [0.1, 0.15) is 10.6 Å². The monoisotopic (exact) mass is 268 g/mol. The van der Waals surface area contributed by atoms with Crippen LogP contribution in [-0.4, -0.2) is 25.1 Å². The van der Waals surface area contributed by atoms with Crippen LogP contribution in [0.4, 0.5) is 11.4 Å². The van der Waals surface area contributed by atoms with Crippen molar-refractivity contribution in [1.82, 2.24) is 0 Å². The third kappa shape index (κ3) is 1.93. The zero-order valence-electron chi connectivity index (χ0n) is 9.51. The summed E-state index contributed by atoms with van der Waals surface area (Å²) in [6, 6.07) is 5.95. The van der Waals surface area contributed by atoms with E-state index >= 15 is 0 Å². The molecule has 0 atom stereocenters. The molecule has 0 amide bonds. The fraction of sp³-hybridized carbons (Fsp3) is 0.0909. The molecule has 2 aromatic rings. The van der Waals surface area contributed by atoms with Crippen LogP contribution in [-0.2, 0) is 10.1 Å². The van der Waals surface area contributed by atoms with Crippen molar-refractivity contribution in [3.05, 3.63) is 24.3 Å². The van der Waals surface area contributed by atoms with Gasteiger partial charge in [-0.1, -0.05) is 6.07 Å². The van der Waals surface area contributed by atoms with Crippen LogP contribution in [0.3, 0.4) is 0 Å². The normalized spacial score (nSPS) is 11.7. The van der Waals surface area contributed by atoms with Crippen LogP contribution in [0.15, 0.2) is 29.2 Å². The van der Waals surface area contributed by atoms with Crippen molar-refractivity contribution in [2.75, 3.05) is 18.1 Å². The summed E-state index contributed by atoms with van der Waals surface area (Å²) in [5.41, 5.74) is 5.99. The molecule has 2 rings (SSSR count). The molecule has 0 bridgehead atoms. The van der Waals surface area contributed by atoms with Crippen molar-refractivity contribution in [2.24, 2.45) is 0 Å².